The van der Waals surface area contributed by atoms with E-state index < -0.39 is 55.5 Å². The molecule has 0 radical (unpaired) electrons. The summed E-state index contributed by atoms with van der Waals surface area (Å²) in [6, 6.07) is 64.1. The molecule has 3 saturated carbocycles. The molecule has 0 spiro atoms. The molecule has 3 aliphatic carbocycles. The Morgan fingerprint density at radius 3 is 0.718 bits per heavy atom. The molecule has 7 aromatic carbocycles. The van der Waals surface area contributed by atoms with E-state index in [2.05, 4.69) is 214 Å². The van der Waals surface area contributed by atoms with Gasteiger partial charge in [-0.1, -0.05) is 162 Å². The molecule has 35 heteroatoms. The van der Waals surface area contributed by atoms with E-state index in [1.165, 1.54) is 197 Å². The van der Waals surface area contributed by atoms with Crippen LogP contribution in [0.3, 0.4) is 0 Å². The lowest BCUT2D eigenvalue weighted by Crippen LogP contribution is -2.42. The number of anilines is 3. The fourth-order valence-corrected chi connectivity index (χ4v) is 14.4. The average Bonchev–Trinajstić information content (AvgIpc) is 0.771. The quantitative estimate of drug-likeness (QED) is 0.0404. The predicted octanol–water partition coefficient (Wildman–Crippen LogP) is 22.1. The smallest absolute Gasteiger partial charge is 0.485 e. The van der Waals surface area contributed by atoms with Gasteiger partial charge in [-0.15, -0.1) is 23.2 Å². The highest BCUT2D eigenvalue weighted by molar-refractivity contribution is 7.87. The van der Waals surface area contributed by atoms with Crippen LogP contribution in [0.2, 0.25) is 0 Å². The summed E-state index contributed by atoms with van der Waals surface area (Å²) in [5.74, 6) is 0. The van der Waals surface area contributed by atoms with Crippen molar-refractivity contribution in [2.24, 2.45) is 0 Å². The number of alkyl halides is 17. The number of rotatable bonds is 9. The highest BCUT2D eigenvalue weighted by atomic mass is 35.6. The zero-order valence-corrected chi connectivity index (χ0v) is 67.7. The molecular formula is C75H79Cl8F9N6O9S3. The Bertz CT molecular complexity index is 4210. The van der Waals surface area contributed by atoms with Gasteiger partial charge in [0.1, 0.15) is 0 Å². The number of hydrogen-bond donors (Lipinski definition) is 3. The van der Waals surface area contributed by atoms with E-state index in [-0.39, 0.29) is 23.8 Å². The van der Waals surface area contributed by atoms with E-state index in [1.54, 1.807) is 0 Å². The number of fused-ring (bicyclic) bond motifs is 3. The number of nitrogens with zero attached hydrogens (tertiary/aromatic N) is 3. The van der Waals surface area contributed by atoms with E-state index >= 15 is 0 Å². The Morgan fingerprint density at radius 2 is 0.536 bits per heavy atom. The third kappa shape index (κ3) is 25.2. The molecule has 6 aliphatic rings. The first-order valence-electron chi connectivity index (χ1n) is 34.5. The molecule has 0 aromatic heterocycles. The van der Waals surface area contributed by atoms with Crippen molar-refractivity contribution in [1.29, 1.82) is 0 Å². The van der Waals surface area contributed by atoms with Gasteiger partial charge in [-0.2, -0.15) is 39.5 Å². The first-order valence-corrected chi connectivity index (χ1v) is 42.4. The van der Waals surface area contributed by atoms with Crippen molar-refractivity contribution in [1.82, 2.24) is 0 Å². The van der Waals surface area contributed by atoms with E-state index in [1.807, 2.05) is 0 Å². The molecule has 0 bridgehead atoms. The maximum atomic E-state index is 10.7. The Hall–Kier alpha value is -5.63. The number of para-hydroxylation sites is 3. The highest BCUT2D eigenvalue weighted by Gasteiger charge is 2.43. The van der Waals surface area contributed by atoms with Gasteiger partial charge in [-0.05, 0) is 163 Å². The summed E-state index contributed by atoms with van der Waals surface area (Å²) in [6.07, 6.45) is 19.6. The SMILES string of the molecule is CC1=[N+](C2CCCCC2)[C@@H](c2ccc(-c3cc(-c4ccc([C@H]5Nc6ccccc6C(C)=[N+]5C5CCCCC5)cc4)cc(-c4ccc([C@H]5Nc6ccccc6C(C)=[N+]5C5CCCCC5)cc4)c3)cc2)Nc2ccccc21.ClC(Cl)Cl.ClC(Cl)Cl.ClCCl.O=S(=O)([O-])C(F)(F)F.O=S(=O)([O-])C(F)(F)F.O=S(=O)([O-])C(F)(F)F. The summed E-state index contributed by atoms with van der Waals surface area (Å²) in [5.41, 5.74) is 6.19. The zero-order chi connectivity index (χ0) is 81.3. The maximum absolute atomic E-state index is 10.7. The third-order valence-corrected chi connectivity index (χ3v) is 20.9. The van der Waals surface area contributed by atoms with E-state index in [0.717, 1.165) is 0 Å². The van der Waals surface area contributed by atoms with Gasteiger partial charge in [0, 0.05) is 76.0 Å². The summed E-state index contributed by atoms with van der Waals surface area (Å²) < 4.78 is 183. The number of benzene rings is 7. The van der Waals surface area contributed by atoms with Crippen LogP contribution in [0, 0.1) is 0 Å². The van der Waals surface area contributed by atoms with Gasteiger partial charge < -0.3 is 29.6 Å². The molecule has 3 aliphatic heterocycles. The largest absolute Gasteiger partial charge is 0.741 e. The van der Waals surface area contributed by atoms with Crippen LogP contribution in [0.4, 0.5) is 56.6 Å². The molecule has 110 heavy (non-hydrogen) atoms. The minimum absolute atomic E-state index is 0.0843. The van der Waals surface area contributed by atoms with Crippen LogP contribution in [0.15, 0.2) is 164 Å². The van der Waals surface area contributed by atoms with Crippen LogP contribution >= 0.6 is 92.8 Å². The summed E-state index contributed by atoms with van der Waals surface area (Å²) >= 11 is 38.4. The Balaban J connectivity index is 0.000000401. The summed E-state index contributed by atoms with van der Waals surface area (Å²) in [7, 11) is -18.3. The average molecular weight is 1760 g/mol. The van der Waals surface area contributed by atoms with E-state index in [0.29, 0.717) is 18.1 Å². The topological polar surface area (TPSA) is 217 Å². The van der Waals surface area contributed by atoms with Crippen molar-refractivity contribution in [3.05, 3.63) is 197 Å². The van der Waals surface area contributed by atoms with E-state index in [4.69, 9.17) is 132 Å². The lowest BCUT2D eigenvalue weighted by molar-refractivity contribution is -0.606. The molecule has 7 aromatic rings. The summed E-state index contributed by atoms with van der Waals surface area (Å²) in [5, 5.41) is 12.2. The summed E-state index contributed by atoms with van der Waals surface area (Å²) in [4.78, 5) is 0. The van der Waals surface area contributed by atoms with Gasteiger partial charge in [0.25, 0.3) is 18.5 Å². The normalized spacial score (nSPS) is 18.5. The molecule has 3 fully saturated rings. The molecule has 15 nitrogen and oxygen atoms in total. The van der Waals surface area contributed by atoms with Gasteiger partial charge in [0.2, 0.25) is 0 Å². The Kier molecular flexibility index (Phi) is 33.8. The van der Waals surface area contributed by atoms with Gasteiger partial charge in [0.15, 0.2) is 74.2 Å². The molecule has 3 heterocycles. The van der Waals surface area contributed by atoms with Crippen LogP contribution in [0.5, 0.6) is 0 Å². The minimum atomic E-state index is -6.09. The van der Waals surface area contributed by atoms with Crippen LogP contribution < -0.4 is 16.0 Å². The molecule has 0 amide bonds. The molecule has 0 saturated heterocycles. The molecular weight excluding hydrogens is 1680 g/mol. The second kappa shape index (κ2) is 40.6. The fourth-order valence-electron chi connectivity index (χ4n) is 14.4. The number of nitrogens with one attached hydrogen (secondary N) is 3. The first kappa shape index (κ1) is 91.6. The van der Waals surface area contributed by atoms with Crippen LogP contribution in [0.25, 0.3) is 33.4 Å². The standard InChI is InChI=1S/C69H72N6.2CHCl3.CH2Cl2.3CHF3O3S/c1-46-61-25-13-16-28-64(61)70-67(73(46)58-19-7-4-8-20-58)52-37-31-49(32-38-52)55-43-56(50-33-39-53(40-34-50)68-71-65-29-17-14-26-62(65)47(2)74(68)59-21-9-5-10-22-59)45-57(44-55)51-35-41-54(42-36-51)69-72-66-30-18-15-27-63(66)48(3)75(69)60-23-11-6-12-24-60;2*2-1(3)4;2-1-3;3*2-1(3,4)8(5,6)7/h13-18,25-45,58-60,67-69H,4-12,19-24H2,1-3H3;2*1H;1H2;3*(H,5,6,7)/t67-,68-,69-;;;;;;/m0....../s1. The maximum Gasteiger partial charge on any atom is 0.485 e. The molecule has 600 valence electrons. The minimum Gasteiger partial charge on any atom is -0.741 e. The second-order valence-electron chi connectivity index (χ2n) is 26.1. The van der Waals surface area contributed by atoms with Gasteiger partial charge in [0.05, 0.1) is 39.1 Å². The first-order chi connectivity index (χ1) is 51.6. The van der Waals surface area contributed by atoms with Crippen molar-refractivity contribution in [3.63, 3.8) is 0 Å². The third-order valence-electron chi connectivity index (χ3n) is 19.2. The van der Waals surface area contributed by atoms with Crippen LogP contribution in [-0.4, -0.2) is 118 Å². The molecule has 3 N–H and O–H groups in total. The summed E-state index contributed by atoms with van der Waals surface area (Å²) in [6.45, 7) is 7.03. The Labute approximate surface area is 675 Å². The lowest BCUT2D eigenvalue weighted by Gasteiger charge is -2.32. The van der Waals surface area contributed by atoms with Crippen molar-refractivity contribution >= 4 is 157 Å². The number of halogens is 17. The monoisotopic (exact) mass is 1750 g/mol. The van der Waals surface area contributed by atoms with Crippen molar-refractivity contribution in [2.75, 3.05) is 21.3 Å². The molecule has 13 rings (SSSR count). The molecule has 0 unspecified atom stereocenters. The van der Waals surface area contributed by atoms with Crippen LogP contribution in [0.1, 0.15) is 169 Å². The zero-order valence-electron chi connectivity index (χ0n) is 59.2. The van der Waals surface area contributed by atoms with Gasteiger partial charge in [-0.3, -0.25) is 0 Å². The highest BCUT2D eigenvalue weighted by Crippen LogP contribution is 2.42. The fraction of sp³-hybridized carbons (Fsp3) is 0.400. The lowest BCUT2D eigenvalue weighted by atomic mass is 9.90. The Morgan fingerprint density at radius 1 is 0.355 bits per heavy atom. The van der Waals surface area contributed by atoms with Crippen molar-refractivity contribution in [3.8, 4) is 33.4 Å². The predicted molar refractivity (Wildman–Crippen MR) is 418 cm³/mol. The molecule has 3 atom stereocenters. The second-order valence-corrected chi connectivity index (χ2v) is 35.0. The van der Waals surface area contributed by atoms with E-state index in [9.17, 15) is 39.5 Å². The van der Waals surface area contributed by atoms with Crippen molar-refractivity contribution < 1.29 is 92.2 Å². The van der Waals surface area contributed by atoms with Gasteiger partial charge >= 0.3 is 16.5 Å². The number of hydrogen-bond acceptors (Lipinski definition) is 12. The van der Waals surface area contributed by atoms with Gasteiger partial charge in [-0.25, -0.2) is 39.0 Å². The van der Waals surface area contributed by atoms with Crippen LogP contribution in [-0.2, 0) is 30.4 Å². The van der Waals surface area contributed by atoms with Crippen molar-refractivity contribution in [2.45, 2.75) is 179 Å².